The molecule has 0 unspecified atom stereocenters. The summed E-state index contributed by atoms with van der Waals surface area (Å²) < 4.78 is 0. The average molecular weight is 128 g/mol. The van der Waals surface area contributed by atoms with Crippen LogP contribution in [0.1, 0.15) is 11.1 Å². The maximum Gasteiger partial charge on any atom is -0.0256 e. The Kier molecular flexibility index (Phi) is 1.17. The molecule has 2 bridgehead atoms. The third-order valence-electron chi connectivity index (χ3n) is 1.62. The SMILES string of the molecule is C1=C\c2ccc(cc2)\C=C/1. The van der Waals surface area contributed by atoms with Crippen molar-refractivity contribution in [3.8, 4) is 0 Å². The molecule has 0 saturated heterocycles. The molecule has 2 aliphatic carbocycles. The third kappa shape index (κ3) is 0.883. The molecule has 1 aromatic rings. The fourth-order valence-electron chi connectivity index (χ4n) is 1.05. The van der Waals surface area contributed by atoms with E-state index in [-0.39, 0.29) is 0 Å². The molecule has 0 radical (unpaired) electrons. The Morgan fingerprint density at radius 2 is 1.00 bits per heavy atom. The number of rotatable bonds is 0. The fourth-order valence-corrected chi connectivity index (χ4v) is 1.05. The molecule has 48 valence electrons. The number of benzene rings is 1. The van der Waals surface area contributed by atoms with Crippen molar-refractivity contribution in [3.63, 3.8) is 0 Å². The molecule has 0 amide bonds. The molecule has 0 heteroatoms. The number of hydrogen-bond acceptors (Lipinski definition) is 0. The van der Waals surface area contributed by atoms with E-state index in [1.54, 1.807) is 0 Å². The number of hydrogen-bond donors (Lipinski definition) is 0. The van der Waals surface area contributed by atoms with Crippen LogP contribution in [0.4, 0.5) is 0 Å². The van der Waals surface area contributed by atoms with Crippen molar-refractivity contribution in [1.29, 1.82) is 0 Å². The minimum Gasteiger partial charge on any atom is -0.0617 e. The zero-order chi connectivity index (χ0) is 6.81. The summed E-state index contributed by atoms with van der Waals surface area (Å²) in [5.41, 5.74) is 2.54. The van der Waals surface area contributed by atoms with Gasteiger partial charge in [-0.15, -0.1) is 0 Å². The van der Waals surface area contributed by atoms with E-state index in [2.05, 4.69) is 48.6 Å². The highest BCUT2D eigenvalue weighted by Crippen LogP contribution is 2.10. The van der Waals surface area contributed by atoms with Crippen LogP contribution in [0, 0.1) is 0 Å². The second-order valence-corrected chi connectivity index (χ2v) is 2.38. The van der Waals surface area contributed by atoms with Gasteiger partial charge in [0.15, 0.2) is 0 Å². The molecular weight excluding hydrogens is 120 g/mol. The van der Waals surface area contributed by atoms with Gasteiger partial charge >= 0.3 is 0 Å². The van der Waals surface area contributed by atoms with Crippen LogP contribution in [0.25, 0.3) is 12.2 Å². The second-order valence-electron chi connectivity index (χ2n) is 2.38. The zero-order valence-corrected chi connectivity index (χ0v) is 5.62. The Morgan fingerprint density at radius 3 is 1.40 bits per heavy atom. The van der Waals surface area contributed by atoms with Gasteiger partial charge in [-0.05, 0) is 11.1 Å². The molecule has 0 atom stereocenters. The lowest BCUT2D eigenvalue weighted by molar-refractivity contribution is 1.61. The molecule has 0 spiro atoms. The highest BCUT2D eigenvalue weighted by Gasteiger charge is 1.89. The van der Waals surface area contributed by atoms with Gasteiger partial charge in [-0.25, -0.2) is 0 Å². The molecule has 3 rings (SSSR count). The molecule has 10 heavy (non-hydrogen) atoms. The Hall–Kier alpha value is -1.30. The van der Waals surface area contributed by atoms with Crippen molar-refractivity contribution in [1.82, 2.24) is 0 Å². The predicted molar refractivity (Wildman–Crippen MR) is 44.5 cm³/mol. The van der Waals surface area contributed by atoms with Crippen LogP contribution in [0.15, 0.2) is 36.4 Å². The Balaban J connectivity index is 2.65. The van der Waals surface area contributed by atoms with E-state index in [1.165, 1.54) is 11.1 Å². The van der Waals surface area contributed by atoms with Crippen molar-refractivity contribution in [2.24, 2.45) is 0 Å². The standard InChI is InChI=1S/C10H8/c1-2-4-10-7-5-9(3-1)6-8-10/h1-8H/b2-1?,3-1-,4-2-,9-3?,10-4?. The number of allylic oxidation sites excluding steroid dienone is 2. The first kappa shape index (κ1) is 5.48. The average Bonchev–Trinajstić information content (AvgIpc) is 1.89. The van der Waals surface area contributed by atoms with Crippen LogP contribution >= 0.6 is 0 Å². The largest absolute Gasteiger partial charge is 0.0617 e. The topological polar surface area (TPSA) is 0 Å². The molecule has 0 aliphatic heterocycles. The molecular formula is C10H8. The van der Waals surface area contributed by atoms with E-state index in [0.29, 0.717) is 0 Å². The summed E-state index contributed by atoms with van der Waals surface area (Å²) in [5.74, 6) is 0. The Morgan fingerprint density at radius 1 is 0.600 bits per heavy atom. The lowest BCUT2D eigenvalue weighted by atomic mass is 10.1. The predicted octanol–water partition coefficient (Wildman–Crippen LogP) is 2.73. The first-order valence-corrected chi connectivity index (χ1v) is 3.40. The molecule has 0 aromatic heterocycles. The van der Waals surface area contributed by atoms with Gasteiger partial charge in [0.2, 0.25) is 0 Å². The van der Waals surface area contributed by atoms with Crippen LogP contribution in [-0.4, -0.2) is 0 Å². The van der Waals surface area contributed by atoms with E-state index in [4.69, 9.17) is 0 Å². The minimum absolute atomic E-state index is 1.27. The molecule has 0 fully saturated rings. The summed E-state index contributed by atoms with van der Waals surface area (Å²) in [7, 11) is 0. The van der Waals surface area contributed by atoms with Gasteiger partial charge < -0.3 is 0 Å². The quantitative estimate of drug-likeness (QED) is 0.504. The summed E-state index contributed by atoms with van der Waals surface area (Å²) in [6, 6.07) is 8.48. The normalized spacial score (nSPS) is 19.6. The maximum atomic E-state index is 2.12. The van der Waals surface area contributed by atoms with Crippen LogP contribution in [0.2, 0.25) is 0 Å². The van der Waals surface area contributed by atoms with Crippen LogP contribution in [0.3, 0.4) is 0 Å². The third-order valence-corrected chi connectivity index (χ3v) is 1.62. The van der Waals surface area contributed by atoms with Crippen LogP contribution < -0.4 is 0 Å². The number of fused-ring (bicyclic) bond motifs is 3. The minimum atomic E-state index is 1.27. The van der Waals surface area contributed by atoms with Crippen LogP contribution in [0.5, 0.6) is 0 Å². The van der Waals surface area contributed by atoms with E-state index < -0.39 is 0 Å². The second kappa shape index (κ2) is 2.14. The smallest absolute Gasteiger partial charge is 0.0256 e. The lowest BCUT2D eigenvalue weighted by Crippen LogP contribution is -1.76. The molecule has 0 N–H and O–H groups in total. The van der Waals surface area contributed by atoms with Crippen molar-refractivity contribution >= 4 is 12.2 Å². The fraction of sp³-hybridized carbons (Fsp3) is 0. The Labute approximate surface area is 60.5 Å². The Bertz CT molecular complexity index is 244. The summed E-state index contributed by atoms with van der Waals surface area (Å²) >= 11 is 0. The molecule has 2 aliphatic rings. The van der Waals surface area contributed by atoms with Gasteiger partial charge in [0.1, 0.15) is 0 Å². The van der Waals surface area contributed by atoms with E-state index in [1.807, 2.05) is 0 Å². The van der Waals surface area contributed by atoms with Gasteiger partial charge in [-0.2, -0.15) is 0 Å². The van der Waals surface area contributed by atoms with E-state index >= 15 is 0 Å². The zero-order valence-electron chi connectivity index (χ0n) is 5.62. The maximum absolute atomic E-state index is 2.12. The van der Waals surface area contributed by atoms with E-state index in [9.17, 15) is 0 Å². The van der Waals surface area contributed by atoms with Crippen LogP contribution in [-0.2, 0) is 0 Å². The van der Waals surface area contributed by atoms with Crippen molar-refractivity contribution < 1.29 is 0 Å². The van der Waals surface area contributed by atoms with E-state index in [0.717, 1.165) is 0 Å². The van der Waals surface area contributed by atoms with Crippen molar-refractivity contribution in [3.05, 3.63) is 47.5 Å². The lowest BCUT2D eigenvalue weighted by Gasteiger charge is -1.97. The molecule has 0 nitrogen and oxygen atoms in total. The summed E-state index contributed by atoms with van der Waals surface area (Å²) in [6.07, 6.45) is 8.31. The summed E-state index contributed by atoms with van der Waals surface area (Å²) in [5, 5.41) is 0. The summed E-state index contributed by atoms with van der Waals surface area (Å²) in [4.78, 5) is 0. The van der Waals surface area contributed by atoms with Gasteiger partial charge in [-0.3, -0.25) is 0 Å². The highest BCUT2D eigenvalue weighted by atomic mass is 13.9. The molecule has 0 saturated carbocycles. The monoisotopic (exact) mass is 128 g/mol. The van der Waals surface area contributed by atoms with Gasteiger partial charge in [0.05, 0.1) is 0 Å². The molecule has 1 aromatic carbocycles. The van der Waals surface area contributed by atoms with Gasteiger partial charge in [0.25, 0.3) is 0 Å². The molecule has 0 heterocycles. The summed E-state index contributed by atoms with van der Waals surface area (Å²) in [6.45, 7) is 0. The van der Waals surface area contributed by atoms with Gasteiger partial charge in [-0.1, -0.05) is 48.6 Å². The van der Waals surface area contributed by atoms with Crippen molar-refractivity contribution in [2.75, 3.05) is 0 Å². The van der Waals surface area contributed by atoms with Gasteiger partial charge in [0, 0.05) is 0 Å². The van der Waals surface area contributed by atoms with Crippen molar-refractivity contribution in [2.45, 2.75) is 0 Å². The first-order chi connectivity index (χ1) is 4.95. The first-order valence-electron chi connectivity index (χ1n) is 3.40. The highest BCUT2D eigenvalue weighted by molar-refractivity contribution is 5.62.